The molecule has 0 fully saturated rings. The molecule has 42 heavy (non-hydrogen) atoms. The van der Waals surface area contributed by atoms with Crippen molar-refractivity contribution < 1.29 is 4.79 Å². The molecule has 10 nitrogen and oxygen atoms in total. The third kappa shape index (κ3) is 5.44. The van der Waals surface area contributed by atoms with Gasteiger partial charge in [0.2, 0.25) is 0 Å². The van der Waals surface area contributed by atoms with E-state index in [1.807, 2.05) is 6.07 Å². The van der Waals surface area contributed by atoms with Crippen molar-refractivity contribution in [1.82, 2.24) is 34.3 Å². The fourth-order valence-electron chi connectivity index (χ4n) is 4.58. The number of aromatic nitrogens is 6. The maximum Gasteiger partial charge on any atom is 0.260 e. The molecule has 0 saturated carbocycles. The first-order valence-electron chi connectivity index (χ1n) is 12.9. The predicted molar refractivity (Wildman–Crippen MR) is 162 cm³/mol. The standard InChI is InChI=1S/C31H25BN8O2/c1-4-5-6-7-8-16-39-24(31(2,32)36-29(41)26-27(33)37-40-17-10-15-34-28(26)40)18-23-12-9-11-22(25(23)30(39)42)14-13-21-19-35-38(3)20-21/h1,5-12,15,17-20H,16H2,2-3H3,(H2,33,37)(H,36,41)/b6-5-,8-7-/t31-/m0/s1. The summed E-state index contributed by atoms with van der Waals surface area (Å²) in [5.74, 6) is 7.99. The van der Waals surface area contributed by atoms with E-state index in [-0.39, 0.29) is 29.1 Å². The van der Waals surface area contributed by atoms with Gasteiger partial charge >= 0.3 is 0 Å². The highest BCUT2D eigenvalue weighted by Crippen LogP contribution is 2.25. The van der Waals surface area contributed by atoms with Crippen molar-refractivity contribution in [1.29, 1.82) is 0 Å². The van der Waals surface area contributed by atoms with Gasteiger partial charge in [-0.15, -0.1) is 11.5 Å². The summed E-state index contributed by atoms with van der Waals surface area (Å²) in [6.45, 7) is 1.75. The molecule has 0 bridgehead atoms. The zero-order valence-electron chi connectivity index (χ0n) is 22.9. The molecule has 1 atom stereocenters. The lowest BCUT2D eigenvalue weighted by Gasteiger charge is -2.30. The van der Waals surface area contributed by atoms with E-state index < -0.39 is 11.3 Å². The second kappa shape index (κ2) is 11.4. The Labute approximate surface area is 243 Å². The quantitative estimate of drug-likeness (QED) is 0.189. The van der Waals surface area contributed by atoms with Crippen molar-refractivity contribution in [3.63, 3.8) is 0 Å². The molecule has 0 unspecified atom stereocenters. The lowest BCUT2D eigenvalue weighted by molar-refractivity contribution is 0.0931. The zero-order chi connectivity index (χ0) is 29.9. The van der Waals surface area contributed by atoms with Crippen LogP contribution >= 0.6 is 0 Å². The van der Waals surface area contributed by atoms with Crippen LogP contribution in [0.3, 0.4) is 0 Å². The molecule has 204 valence electrons. The molecule has 2 radical (unpaired) electrons. The SMILES string of the molecule is [B][C@@](C)(NC(=O)c1c(N)nn2cccnc12)c1cc2cccc(C#Cc3cnn(C)c3)c2c(=O)n1C/C=C\C=C/C#C. The van der Waals surface area contributed by atoms with Crippen LogP contribution in [0.25, 0.3) is 16.4 Å². The summed E-state index contributed by atoms with van der Waals surface area (Å²) in [6.07, 6.45) is 18.6. The van der Waals surface area contributed by atoms with Crippen LogP contribution in [-0.4, -0.2) is 42.7 Å². The third-order valence-corrected chi connectivity index (χ3v) is 6.47. The van der Waals surface area contributed by atoms with Gasteiger partial charge in [0.15, 0.2) is 11.5 Å². The van der Waals surface area contributed by atoms with E-state index in [4.69, 9.17) is 20.0 Å². The van der Waals surface area contributed by atoms with Crippen LogP contribution in [0.4, 0.5) is 5.82 Å². The molecule has 4 aromatic heterocycles. The number of allylic oxidation sites excluding steroid dienone is 4. The summed E-state index contributed by atoms with van der Waals surface area (Å²) in [5.41, 5.74) is 6.20. The van der Waals surface area contributed by atoms with E-state index in [1.54, 1.807) is 79.7 Å². The minimum absolute atomic E-state index is 0.00188. The Morgan fingerprint density at radius 2 is 2.10 bits per heavy atom. The Morgan fingerprint density at radius 1 is 1.26 bits per heavy atom. The lowest BCUT2D eigenvalue weighted by Crippen LogP contribution is -2.47. The maximum atomic E-state index is 14.1. The van der Waals surface area contributed by atoms with E-state index in [1.165, 1.54) is 21.4 Å². The number of nitrogens with one attached hydrogen (secondary N) is 1. The van der Waals surface area contributed by atoms with Gasteiger partial charge in [0.25, 0.3) is 11.5 Å². The van der Waals surface area contributed by atoms with Crippen molar-refractivity contribution in [2.75, 3.05) is 5.73 Å². The van der Waals surface area contributed by atoms with Crippen LogP contribution in [0.1, 0.15) is 34.1 Å². The topological polar surface area (TPSA) is 125 Å². The van der Waals surface area contributed by atoms with Crippen molar-refractivity contribution >= 4 is 36.0 Å². The van der Waals surface area contributed by atoms with Crippen LogP contribution < -0.4 is 16.6 Å². The smallest absolute Gasteiger partial charge is 0.260 e. The first-order valence-corrected chi connectivity index (χ1v) is 12.9. The number of carbonyl (C=O) groups is 1. The number of benzene rings is 1. The maximum absolute atomic E-state index is 14.1. The molecule has 5 rings (SSSR count). The van der Waals surface area contributed by atoms with Crippen LogP contribution in [0.15, 0.2) is 84.2 Å². The molecule has 3 N–H and O–H groups in total. The molecule has 1 aromatic carbocycles. The number of fused-ring (bicyclic) bond motifs is 2. The van der Waals surface area contributed by atoms with E-state index in [2.05, 4.69) is 38.3 Å². The van der Waals surface area contributed by atoms with Gasteiger partial charge in [0.1, 0.15) is 13.4 Å². The summed E-state index contributed by atoms with van der Waals surface area (Å²) < 4.78 is 4.56. The van der Waals surface area contributed by atoms with E-state index >= 15 is 0 Å². The molecular formula is C31H25BN8O2. The van der Waals surface area contributed by atoms with Gasteiger partial charge < -0.3 is 15.6 Å². The van der Waals surface area contributed by atoms with E-state index in [0.717, 1.165) is 0 Å². The molecule has 1 amide bonds. The number of nitrogen functional groups attached to an aromatic ring is 1. The van der Waals surface area contributed by atoms with Crippen molar-refractivity contribution in [3.8, 4) is 24.2 Å². The van der Waals surface area contributed by atoms with E-state index in [0.29, 0.717) is 27.6 Å². The average molecular weight is 552 g/mol. The van der Waals surface area contributed by atoms with Crippen molar-refractivity contribution in [2.45, 2.75) is 18.9 Å². The number of nitrogens with zero attached hydrogens (tertiary/aromatic N) is 6. The molecule has 4 heterocycles. The zero-order valence-corrected chi connectivity index (χ0v) is 22.9. The highest BCUT2D eigenvalue weighted by Gasteiger charge is 2.30. The predicted octanol–water partition coefficient (Wildman–Crippen LogP) is 2.28. The number of amides is 1. The van der Waals surface area contributed by atoms with Gasteiger partial charge in [-0.2, -0.15) is 5.10 Å². The molecule has 0 saturated heterocycles. The Kier molecular flexibility index (Phi) is 7.50. The van der Waals surface area contributed by atoms with E-state index in [9.17, 15) is 9.59 Å². The molecule has 0 spiro atoms. The van der Waals surface area contributed by atoms with Crippen LogP contribution in [0.5, 0.6) is 0 Å². The fraction of sp³-hybridized carbons (Fsp3) is 0.129. The minimum Gasteiger partial charge on any atom is -0.381 e. The summed E-state index contributed by atoms with van der Waals surface area (Å²) in [6, 6.07) is 8.84. The van der Waals surface area contributed by atoms with Gasteiger partial charge in [0.05, 0.1) is 17.1 Å². The normalized spacial score (nSPS) is 12.8. The first-order chi connectivity index (χ1) is 20.2. The number of hydrogen-bond donors (Lipinski definition) is 2. The average Bonchev–Trinajstić information content (AvgIpc) is 3.53. The van der Waals surface area contributed by atoms with Crippen molar-refractivity contribution in [3.05, 3.63) is 112 Å². The largest absolute Gasteiger partial charge is 0.381 e. The summed E-state index contributed by atoms with van der Waals surface area (Å²) >= 11 is 0. The number of aryl methyl sites for hydroxylation is 1. The Balaban J connectivity index is 1.62. The number of hydrogen-bond acceptors (Lipinski definition) is 6. The summed E-state index contributed by atoms with van der Waals surface area (Å²) in [7, 11) is 8.55. The Bertz CT molecular complexity index is 2060. The molecule has 0 aliphatic rings. The monoisotopic (exact) mass is 552 g/mol. The van der Waals surface area contributed by atoms with Gasteiger partial charge in [-0.1, -0.05) is 48.1 Å². The number of pyridine rings is 1. The fourth-order valence-corrected chi connectivity index (χ4v) is 4.58. The van der Waals surface area contributed by atoms with Gasteiger partial charge in [-0.3, -0.25) is 14.3 Å². The lowest BCUT2D eigenvalue weighted by atomic mass is 9.75. The third-order valence-electron chi connectivity index (χ3n) is 6.47. The number of carbonyl (C=O) groups excluding carboxylic acids is 1. The van der Waals surface area contributed by atoms with Crippen molar-refractivity contribution in [2.24, 2.45) is 7.05 Å². The molecule has 0 aliphatic heterocycles. The first kappa shape index (κ1) is 27.8. The Morgan fingerprint density at radius 3 is 2.86 bits per heavy atom. The highest BCUT2D eigenvalue weighted by atomic mass is 16.2. The number of nitrogens with two attached hydrogens (primary N) is 1. The second-order valence-electron chi connectivity index (χ2n) is 9.63. The van der Waals surface area contributed by atoms with Gasteiger partial charge in [-0.05, 0) is 36.6 Å². The van der Waals surface area contributed by atoms with Crippen LogP contribution in [0, 0.1) is 24.2 Å². The highest BCUT2D eigenvalue weighted by molar-refractivity contribution is 6.18. The molecular weight excluding hydrogens is 527 g/mol. The molecule has 5 aromatic rings. The number of terminal acetylenes is 1. The van der Waals surface area contributed by atoms with Crippen LogP contribution in [-0.2, 0) is 19.0 Å². The van der Waals surface area contributed by atoms with Crippen LogP contribution in [0.2, 0.25) is 0 Å². The molecule has 0 aliphatic carbocycles. The number of rotatable bonds is 6. The molecule has 11 heteroatoms. The minimum atomic E-state index is -1.51. The summed E-state index contributed by atoms with van der Waals surface area (Å²) in [5, 5.41) is 12.1. The second-order valence-corrected chi connectivity index (χ2v) is 9.63. The van der Waals surface area contributed by atoms with Gasteiger partial charge in [0, 0.05) is 48.9 Å². The van der Waals surface area contributed by atoms with Gasteiger partial charge in [-0.25, -0.2) is 9.50 Å². The Hall–Kier alpha value is -5.81. The summed E-state index contributed by atoms with van der Waals surface area (Å²) in [4.78, 5) is 31.8. The number of anilines is 1.